The van der Waals surface area contributed by atoms with Crippen molar-refractivity contribution < 1.29 is 24.2 Å². The first-order chi connectivity index (χ1) is 16.8. The van der Waals surface area contributed by atoms with Crippen molar-refractivity contribution in [1.82, 2.24) is 4.98 Å². The van der Waals surface area contributed by atoms with Crippen LogP contribution in [0.1, 0.15) is 70.2 Å². The summed E-state index contributed by atoms with van der Waals surface area (Å²) in [5.41, 5.74) is 5.09. The number of hydrogen-bond donors (Lipinski definition) is 1. The summed E-state index contributed by atoms with van der Waals surface area (Å²) < 4.78 is 11.8. The summed E-state index contributed by atoms with van der Waals surface area (Å²) in [5.74, 6) is 0.138. The minimum absolute atomic E-state index is 0.0118. The highest BCUT2D eigenvalue weighted by molar-refractivity contribution is 6.02. The highest BCUT2D eigenvalue weighted by Crippen LogP contribution is 2.45. The number of allylic oxidation sites excluding steroid dienone is 1. The summed E-state index contributed by atoms with van der Waals surface area (Å²) >= 11 is 0. The SMILES string of the molecule is CCc1c2c(nc3ccc(O)cc13)/C1=C/C3=C(COC(=O)[C@@]3(CC)OC(C)C)C(=O)CCC(C1)C2. The van der Waals surface area contributed by atoms with E-state index >= 15 is 0 Å². The molecule has 0 saturated carbocycles. The number of esters is 1. The molecule has 2 atom stereocenters. The van der Waals surface area contributed by atoms with Gasteiger partial charge in [0.05, 0.1) is 17.3 Å². The van der Waals surface area contributed by atoms with Gasteiger partial charge in [0.25, 0.3) is 0 Å². The molecule has 0 amide bonds. The molecule has 1 aromatic carbocycles. The fraction of sp³-hybridized carbons (Fsp3) is 0.483. The van der Waals surface area contributed by atoms with Crippen molar-refractivity contribution in [3.8, 4) is 5.75 Å². The van der Waals surface area contributed by atoms with Crippen molar-refractivity contribution >= 4 is 28.2 Å². The molecule has 6 nitrogen and oxygen atoms in total. The van der Waals surface area contributed by atoms with Crippen LogP contribution < -0.4 is 0 Å². The molecular formula is C29H33NO5. The molecule has 2 heterocycles. The molecule has 0 spiro atoms. The number of benzene rings is 1. The summed E-state index contributed by atoms with van der Waals surface area (Å²) in [4.78, 5) is 31.6. The van der Waals surface area contributed by atoms with Gasteiger partial charge in [0, 0.05) is 23.0 Å². The number of pyridine rings is 1. The van der Waals surface area contributed by atoms with Crippen LogP contribution in [-0.2, 0) is 31.9 Å². The van der Waals surface area contributed by atoms with Crippen LogP contribution in [0.4, 0.5) is 0 Å². The first-order valence-electron chi connectivity index (χ1n) is 12.7. The molecule has 6 heteroatoms. The molecule has 2 bridgehead atoms. The number of Topliss-reactive ketones (excluding diaryl/α,β-unsaturated/α-hetero) is 1. The lowest BCUT2D eigenvalue weighted by Gasteiger charge is -2.38. The molecule has 35 heavy (non-hydrogen) atoms. The van der Waals surface area contributed by atoms with Crippen LogP contribution in [0.5, 0.6) is 5.75 Å². The number of fused-ring (bicyclic) bond motifs is 5. The zero-order chi connectivity index (χ0) is 24.9. The van der Waals surface area contributed by atoms with Crippen LogP contribution in [0, 0.1) is 5.92 Å². The maximum Gasteiger partial charge on any atom is 0.343 e. The molecule has 2 aromatic rings. The van der Waals surface area contributed by atoms with Crippen LogP contribution in [0.25, 0.3) is 16.5 Å². The van der Waals surface area contributed by atoms with E-state index < -0.39 is 11.6 Å². The van der Waals surface area contributed by atoms with Crippen LogP contribution in [0.2, 0.25) is 0 Å². The van der Waals surface area contributed by atoms with E-state index in [0.29, 0.717) is 29.9 Å². The Morgan fingerprint density at radius 2 is 2.03 bits per heavy atom. The van der Waals surface area contributed by atoms with Gasteiger partial charge in [-0.3, -0.25) is 4.79 Å². The minimum atomic E-state index is -1.31. The van der Waals surface area contributed by atoms with Gasteiger partial charge in [-0.15, -0.1) is 0 Å². The highest BCUT2D eigenvalue weighted by Gasteiger charge is 2.49. The van der Waals surface area contributed by atoms with Crippen LogP contribution in [0.3, 0.4) is 0 Å². The van der Waals surface area contributed by atoms with Gasteiger partial charge < -0.3 is 14.6 Å². The van der Waals surface area contributed by atoms with Crippen LogP contribution >= 0.6 is 0 Å². The number of aryl methyl sites for hydroxylation is 1. The van der Waals surface area contributed by atoms with E-state index in [2.05, 4.69) is 6.92 Å². The van der Waals surface area contributed by atoms with Gasteiger partial charge in [0.2, 0.25) is 0 Å². The van der Waals surface area contributed by atoms with E-state index in [0.717, 1.165) is 47.9 Å². The van der Waals surface area contributed by atoms with Gasteiger partial charge in [-0.05, 0) is 92.8 Å². The number of aromatic nitrogens is 1. The van der Waals surface area contributed by atoms with Crippen molar-refractivity contribution in [2.24, 2.45) is 5.92 Å². The fourth-order valence-electron chi connectivity index (χ4n) is 6.06. The van der Waals surface area contributed by atoms with E-state index in [4.69, 9.17) is 14.5 Å². The van der Waals surface area contributed by atoms with E-state index in [1.54, 1.807) is 12.1 Å². The second kappa shape index (κ2) is 8.90. The Labute approximate surface area is 206 Å². The van der Waals surface area contributed by atoms with E-state index in [1.165, 1.54) is 11.1 Å². The Bertz CT molecular complexity index is 1290. The normalized spacial score (nSPS) is 25.9. The first kappa shape index (κ1) is 23.7. The van der Waals surface area contributed by atoms with E-state index in [-0.39, 0.29) is 24.2 Å². The molecule has 0 radical (unpaired) electrons. The number of cyclic esters (lactones) is 1. The average Bonchev–Trinajstić information content (AvgIpc) is 2.88. The molecule has 1 N–H and O–H groups in total. The number of ketones is 1. The zero-order valence-corrected chi connectivity index (χ0v) is 20.9. The average molecular weight is 476 g/mol. The molecule has 1 aliphatic heterocycles. The first-order valence-corrected chi connectivity index (χ1v) is 12.7. The van der Waals surface area contributed by atoms with Gasteiger partial charge in [-0.25, -0.2) is 9.78 Å². The van der Waals surface area contributed by atoms with Crippen molar-refractivity contribution in [3.05, 3.63) is 52.2 Å². The standard InChI is InChI=1S/C29H33NO5/c1-5-20-21-14-19(31)8-9-25(21)30-27-18-11-17(12-22(20)27)7-10-26(32)23-15-34-28(33)29(6-2,24(23)13-18)35-16(3)4/h8-9,13-14,16-17,31H,5-7,10-12,15H2,1-4H3/b18-13+/t17?,29-/m0/s1. The summed E-state index contributed by atoms with van der Waals surface area (Å²) in [6.07, 6.45) is 5.84. The number of ether oxygens (including phenoxy) is 2. The number of carbonyl (C=O) groups excluding carboxylic acids is 2. The second-order valence-electron chi connectivity index (χ2n) is 10.2. The molecule has 5 rings (SSSR count). The number of rotatable bonds is 4. The summed E-state index contributed by atoms with van der Waals surface area (Å²) in [5, 5.41) is 11.1. The molecule has 0 fully saturated rings. The van der Waals surface area contributed by atoms with Crippen molar-refractivity contribution in [1.29, 1.82) is 0 Å². The third-order valence-corrected chi connectivity index (χ3v) is 7.65. The molecule has 0 saturated heterocycles. The number of hydrogen-bond acceptors (Lipinski definition) is 6. The number of phenols is 1. The Morgan fingerprint density at radius 3 is 2.74 bits per heavy atom. The topological polar surface area (TPSA) is 85.7 Å². The predicted molar refractivity (Wildman–Crippen MR) is 134 cm³/mol. The van der Waals surface area contributed by atoms with Gasteiger partial charge in [0.1, 0.15) is 12.4 Å². The quantitative estimate of drug-likeness (QED) is 0.609. The third kappa shape index (κ3) is 3.88. The number of nitrogens with zero attached hydrogens (tertiary/aromatic N) is 1. The molecule has 1 aromatic heterocycles. The Kier molecular flexibility index (Phi) is 6.04. The number of phenolic OH excluding ortho intramolecular Hbond substituents is 1. The fourth-order valence-corrected chi connectivity index (χ4v) is 6.06. The largest absolute Gasteiger partial charge is 0.508 e. The van der Waals surface area contributed by atoms with Gasteiger partial charge >= 0.3 is 5.97 Å². The molecule has 1 unspecified atom stereocenters. The lowest BCUT2D eigenvalue weighted by atomic mass is 9.77. The monoisotopic (exact) mass is 475 g/mol. The Morgan fingerprint density at radius 1 is 1.23 bits per heavy atom. The number of aromatic hydroxyl groups is 1. The van der Waals surface area contributed by atoms with Gasteiger partial charge in [-0.1, -0.05) is 13.8 Å². The predicted octanol–water partition coefficient (Wildman–Crippen LogP) is 5.24. The summed E-state index contributed by atoms with van der Waals surface area (Å²) in [6.45, 7) is 7.81. The van der Waals surface area contributed by atoms with Crippen molar-refractivity contribution in [3.63, 3.8) is 0 Å². The minimum Gasteiger partial charge on any atom is -0.508 e. The van der Waals surface area contributed by atoms with Gasteiger partial charge in [-0.2, -0.15) is 0 Å². The third-order valence-electron chi connectivity index (χ3n) is 7.65. The molecular weight excluding hydrogens is 442 g/mol. The van der Waals surface area contributed by atoms with Crippen LogP contribution in [-0.4, -0.2) is 40.2 Å². The molecule has 184 valence electrons. The van der Waals surface area contributed by atoms with E-state index in [9.17, 15) is 14.7 Å². The highest BCUT2D eigenvalue weighted by atomic mass is 16.6. The summed E-state index contributed by atoms with van der Waals surface area (Å²) in [7, 11) is 0. The Balaban J connectivity index is 1.80. The maximum atomic E-state index is 13.4. The number of carbonyl (C=O) groups is 2. The smallest absolute Gasteiger partial charge is 0.343 e. The van der Waals surface area contributed by atoms with Gasteiger partial charge in [0.15, 0.2) is 11.4 Å². The van der Waals surface area contributed by atoms with Crippen molar-refractivity contribution in [2.75, 3.05) is 6.61 Å². The lowest BCUT2D eigenvalue weighted by molar-refractivity contribution is -0.174. The molecule has 2 aliphatic carbocycles. The van der Waals surface area contributed by atoms with Crippen molar-refractivity contribution in [2.45, 2.75) is 77.9 Å². The zero-order valence-electron chi connectivity index (χ0n) is 20.9. The second-order valence-corrected chi connectivity index (χ2v) is 10.2. The summed E-state index contributed by atoms with van der Waals surface area (Å²) in [6, 6.07) is 5.32. The van der Waals surface area contributed by atoms with Crippen LogP contribution in [0.15, 0.2) is 35.4 Å². The van der Waals surface area contributed by atoms with E-state index in [1.807, 2.05) is 32.9 Å². The lowest BCUT2D eigenvalue weighted by Crippen LogP contribution is -2.50. The Hall–Kier alpha value is -2.99. The molecule has 3 aliphatic rings. The maximum absolute atomic E-state index is 13.4.